The molecule has 1 saturated heterocycles. The van der Waals surface area contributed by atoms with Crippen molar-refractivity contribution >= 4 is 45.5 Å². The number of fused-ring (bicyclic) bond motifs is 1. The molecule has 10 heteroatoms. The van der Waals surface area contributed by atoms with E-state index in [9.17, 15) is 14.7 Å². The van der Waals surface area contributed by atoms with E-state index in [0.717, 1.165) is 26.9 Å². The van der Waals surface area contributed by atoms with Crippen LogP contribution < -0.4 is 10.1 Å². The van der Waals surface area contributed by atoms with Gasteiger partial charge in [0.05, 0.1) is 17.2 Å². The van der Waals surface area contributed by atoms with Crippen LogP contribution in [-0.4, -0.2) is 70.1 Å². The lowest BCUT2D eigenvalue weighted by Crippen LogP contribution is -2.45. The second-order valence-corrected chi connectivity index (χ2v) is 10.4. The molecule has 0 spiro atoms. The SMILES string of the molecule is CCOc1ccc2c(c1)C(SCC(=O)c1ccc(C3(O)CCN(C(=O)CO)CC3)s1)=NC(C)N2. The quantitative estimate of drug-likeness (QED) is 0.498. The zero-order valence-corrected chi connectivity index (χ0v) is 20.9. The highest BCUT2D eigenvalue weighted by atomic mass is 32.2. The first-order valence-corrected chi connectivity index (χ1v) is 13.1. The Morgan fingerprint density at radius 2 is 2.06 bits per heavy atom. The van der Waals surface area contributed by atoms with Crippen molar-refractivity contribution in [3.05, 3.63) is 45.6 Å². The number of anilines is 1. The van der Waals surface area contributed by atoms with Crippen molar-refractivity contribution in [3.8, 4) is 5.75 Å². The standard InChI is InChI=1S/C24H29N3O5S2/c1-3-32-16-4-5-18-17(12-16)23(26-15(2)25-18)33-14-19(29)20-6-7-21(34-20)24(31)8-10-27(11-9-24)22(30)13-28/h4-7,12,15,25,28,31H,3,8-11,13-14H2,1-2H3. The van der Waals surface area contributed by atoms with E-state index in [1.165, 1.54) is 23.1 Å². The van der Waals surface area contributed by atoms with Gasteiger partial charge in [-0.1, -0.05) is 11.8 Å². The van der Waals surface area contributed by atoms with Crippen LogP contribution in [0, 0.1) is 0 Å². The maximum absolute atomic E-state index is 13.0. The molecule has 3 N–H and O–H groups in total. The molecule has 3 heterocycles. The van der Waals surface area contributed by atoms with Crippen molar-refractivity contribution in [1.82, 2.24) is 4.90 Å². The summed E-state index contributed by atoms with van der Waals surface area (Å²) in [6.45, 7) is 4.71. The van der Waals surface area contributed by atoms with E-state index in [2.05, 4.69) is 10.3 Å². The maximum atomic E-state index is 13.0. The Labute approximate surface area is 207 Å². The Morgan fingerprint density at radius 3 is 2.76 bits per heavy atom. The van der Waals surface area contributed by atoms with Crippen LogP contribution >= 0.6 is 23.1 Å². The number of piperidine rings is 1. The molecule has 1 aromatic heterocycles. The number of thiophene rings is 1. The summed E-state index contributed by atoms with van der Waals surface area (Å²) in [6.07, 6.45) is 0.666. The van der Waals surface area contributed by atoms with Crippen molar-refractivity contribution < 1.29 is 24.5 Å². The summed E-state index contributed by atoms with van der Waals surface area (Å²) in [6, 6.07) is 9.41. The lowest BCUT2D eigenvalue weighted by atomic mass is 9.90. The van der Waals surface area contributed by atoms with Gasteiger partial charge < -0.3 is 25.2 Å². The number of aliphatic hydroxyl groups is 2. The van der Waals surface area contributed by atoms with Crippen LogP contribution in [0.15, 0.2) is 35.3 Å². The minimum absolute atomic E-state index is 0.0193. The molecule has 1 amide bonds. The summed E-state index contributed by atoms with van der Waals surface area (Å²) >= 11 is 2.71. The number of rotatable bonds is 7. The molecule has 0 aliphatic carbocycles. The molecule has 2 aromatic rings. The lowest BCUT2D eigenvalue weighted by molar-refractivity contribution is -0.138. The predicted octanol–water partition coefficient (Wildman–Crippen LogP) is 3.08. The molecule has 1 aromatic carbocycles. The average molecular weight is 504 g/mol. The summed E-state index contributed by atoms with van der Waals surface area (Å²) in [5, 5.41) is 24.3. The highest BCUT2D eigenvalue weighted by Crippen LogP contribution is 2.38. The van der Waals surface area contributed by atoms with Crippen LogP contribution in [0.3, 0.4) is 0 Å². The number of carbonyl (C=O) groups excluding carboxylic acids is 2. The van der Waals surface area contributed by atoms with E-state index in [-0.39, 0.29) is 23.6 Å². The first kappa shape index (κ1) is 24.7. The number of hydrogen-bond donors (Lipinski definition) is 3. The van der Waals surface area contributed by atoms with Crippen molar-refractivity contribution in [2.24, 2.45) is 4.99 Å². The Bertz CT molecular complexity index is 1090. The number of carbonyl (C=O) groups is 2. The fraction of sp³-hybridized carbons (Fsp3) is 0.458. The number of ether oxygens (including phenoxy) is 1. The molecule has 0 saturated carbocycles. The van der Waals surface area contributed by atoms with E-state index in [0.29, 0.717) is 37.4 Å². The van der Waals surface area contributed by atoms with Gasteiger partial charge in [-0.05, 0) is 57.0 Å². The number of benzene rings is 1. The van der Waals surface area contributed by atoms with Crippen LogP contribution in [0.2, 0.25) is 0 Å². The van der Waals surface area contributed by atoms with E-state index in [4.69, 9.17) is 9.84 Å². The highest BCUT2D eigenvalue weighted by molar-refractivity contribution is 8.15. The van der Waals surface area contributed by atoms with E-state index in [1.807, 2.05) is 32.0 Å². The molecule has 1 fully saturated rings. The molecule has 34 heavy (non-hydrogen) atoms. The van der Waals surface area contributed by atoms with Crippen LogP contribution in [-0.2, 0) is 10.4 Å². The van der Waals surface area contributed by atoms with Crippen LogP contribution in [0.4, 0.5) is 5.69 Å². The van der Waals surface area contributed by atoms with Crippen molar-refractivity contribution in [2.45, 2.75) is 38.5 Å². The number of aliphatic hydroxyl groups excluding tert-OH is 1. The molecule has 1 unspecified atom stereocenters. The summed E-state index contributed by atoms with van der Waals surface area (Å²) in [5.74, 6) is 0.654. The third kappa shape index (κ3) is 5.30. The number of ketones is 1. The van der Waals surface area contributed by atoms with E-state index < -0.39 is 12.2 Å². The third-order valence-electron chi connectivity index (χ3n) is 5.97. The Morgan fingerprint density at radius 1 is 1.29 bits per heavy atom. The zero-order valence-electron chi connectivity index (χ0n) is 19.2. The van der Waals surface area contributed by atoms with Gasteiger partial charge in [-0.15, -0.1) is 11.3 Å². The molecule has 182 valence electrons. The zero-order chi connectivity index (χ0) is 24.3. The number of amides is 1. The Kier molecular flexibility index (Phi) is 7.61. The molecule has 0 radical (unpaired) electrons. The normalized spacial score (nSPS) is 19.1. The number of hydrogen-bond acceptors (Lipinski definition) is 9. The first-order chi connectivity index (χ1) is 16.3. The number of Topliss-reactive ketones (excluding diaryl/α,β-unsaturated/α-hetero) is 1. The van der Waals surface area contributed by atoms with Crippen molar-refractivity contribution in [2.75, 3.05) is 37.4 Å². The number of aliphatic imine (C=N–C) groups is 1. The van der Waals surface area contributed by atoms with Gasteiger partial charge >= 0.3 is 0 Å². The number of thioether (sulfide) groups is 1. The average Bonchev–Trinajstić information content (AvgIpc) is 3.34. The van der Waals surface area contributed by atoms with Crippen molar-refractivity contribution in [1.29, 1.82) is 0 Å². The number of likely N-dealkylation sites (tertiary alicyclic amines) is 1. The summed E-state index contributed by atoms with van der Waals surface area (Å²) in [4.78, 5) is 32.2. The van der Waals surface area contributed by atoms with Gasteiger partial charge in [0, 0.05) is 29.2 Å². The molecule has 4 rings (SSSR count). The molecule has 2 aliphatic rings. The fourth-order valence-corrected chi connectivity index (χ4v) is 6.28. The third-order valence-corrected chi connectivity index (χ3v) is 8.29. The molecule has 2 aliphatic heterocycles. The largest absolute Gasteiger partial charge is 0.494 e. The Balaban J connectivity index is 1.41. The predicted molar refractivity (Wildman–Crippen MR) is 135 cm³/mol. The molecular weight excluding hydrogens is 474 g/mol. The van der Waals surface area contributed by atoms with Crippen LogP contribution in [0.5, 0.6) is 5.75 Å². The number of nitrogens with one attached hydrogen (secondary N) is 1. The van der Waals surface area contributed by atoms with Gasteiger partial charge in [-0.2, -0.15) is 0 Å². The van der Waals surface area contributed by atoms with E-state index >= 15 is 0 Å². The van der Waals surface area contributed by atoms with Gasteiger partial charge in [0.2, 0.25) is 5.91 Å². The minimum atomic E-state index is -1.06. The van der Waals surface area contributed by atoms with Gasteiger partial charge in [-0.3, -0.25) is 14.6 Å². The van der Waals surface area contributed by atoms with Crippen LogP contribution in [0.25, 0.3) is 0 Å². The fourth-order valence-electron chi connectivity index (χ4n) is 4.12. The Hall–Kier alpha value is -2.40. The molecule has 1 atom stereocenters. The van der Waals surface area contributed by atoms with Crippen LogP contribution in [0.1, 0.15) is 46.8 Å². The summed E-state index contributed by atoms with van der Waals surface area (Å²) < 4.78 is 5.62. The monoisotopic (exact) mass is 503 g/mol. The summed E-state index contributed by atoms with van der Waals surface area (Å²) in [5.41, 5.74) is 0.825. The highest BCUT2D eigenvalue weighted by Gasteiger charge is 2.36. The van der Waals surface area contributed by atoms with Gasteiger partial charge in [0.15, 0.2) is 5.78 Å². The second kappa shape index (κ2) is 10.5. The lowest BCUT2D eigenvalue weighted by Gasteiger charge is -2.37. The molecule has 0 bridgehead atoms. The summed E-state index contributed by atoms with van der Waals surface area (Å²) in [7, 11) is 0. The van der Waals surface area contributed by atoms with E-state index in [1.54, 1.807) is 17.0 Å². The van der Waals surface area contributed by atoms with Gasteiger partial charge in [0.25, 0.3) is 0 Å². The molecule has 8 nitrogen and oxygen atoms in total. The molecular formula is C24H29N3O5S2. The second-order valence-electron chi connectivity index (χ2n) is 8.34. The minimum Gasteiger partial charge on any atom is -0.494 e. The first-order valence-electron chi connectivity index (χ1n) is 11.3. The number of nitrogens with zero attached hydrogens (tertiary/aromatic N) is 2. The maximum Gasteiger partial charge on any atom is 0.248 e. The van der Waals surface area contributed by atoms with Crippen molar-refractivity contribution in [3.63, 3.8) is 0 Å². The van der Waals surface area contributed by atoms with Gasteiger partial charge in [0.1, 0.15) is 29.2 Å². The topological polar surface area (TPSA) is 111 Å². The van der Waals surface area contributed by atoms with Gasteiger partial charge in [-0.25, -0.2) is 0 Å². The smallest absolute Gasteiger partial charge is 0.248 e.